The smallest absolute Gasteiger partial charge is 0.416 e. The first-order valence-corrected chi connectivity index (χ1v) is 9.88. The maximum absolute atomic E-state index is 13.2. The summed E-state index contributed by atoms with van der Waals surface area (Å²) in [4.78, 5) is 27.9. The fourth-order valence-corrected chi connectivity index (χ4v) is 3.57. The van der Waals surface area contributed by atoms with Gasteiger partial charge in [-0.3, -0.25) is 9.69 Å². The highest BCUT2D eigenvalue weighted by atomic mass is 19.4. The lowest BCUT2D eigenvalue weighted by Gasteiger charge is -2.39. The Morgan fingerprint density at radius 3 is 2.62 bits per heavy atom. The summed E-state index contributed by atoms with van der Waals surface area (Å²) in [5, 5.41) is 22.3. The van der Waals surface area contributed by atoms with E-state index in [4.69, 9.17) is 0 Å². The first kappa shape index (κ1) is 23.4. The van der Waals surface area contributed by atoms with Gasteiger partial charge in [0.2, 0.25) is 5.91 Å². The van der Waals surface area contributed by atoms with Gasteiger partial charge in [0.25, 0.3) is 0 Å². The van der Waals surface area contributed by atoms with Crippen molar-refractivity contribution in [2.24, 2.45) is 0 Å². The first-order valence-electron chi connectivity index (χ1n) is 9.88. The van der Waals surface area contributed by atoms with E-state index in [1.807, 2.05) is 0 Å². The number of aryl methyl sites for hydroxylation is 1. The summed E-state index contributed by atoms with van der Waals surface area (Å²) >= 11 is 0. The van der Waals surface area contributed by atoms with Gasteiger partial charge in [0.1, 0.15) is 0 Å². The third-order valence-electron chi connectivity index (χ3n) is 5.09. The van der Waals surface area contributed by atoms with Gasteiger partial charge in [-0.2, -0.15) is 18.0 Å². The lowest BCUT2D eigenvalue weighted by Crippen LogP contribution is -2.55. The van der Waals surface area contributed by atoms with E-state index >= 15 is 0 Å². The molecule has 1 unspecified atom stereocenters. The number of amides is 1. The van der Waals surface area contributed by atoms with E-state index in [-0.39, 0.29) is 30.6 Å². The number of hydrogen-bond donors (Lipinski definition) is 0. The number of rotatable bonds is 6. The van der Waals surface area contributed by atoms with E-state index in [1.54, 1.807) is 23.6 Å². The van der Waals surface area contributed by atoms with Gasteiger partial charge < -0.3 is 14.8 Å². The van der Waals surface area contributed by atoms with Crippen molar-refractivity contribution in [3.63, 3.8) is 0 Å². The quantitative estimate of drug-likeness (QED) is 0.583. The van der Waals surface area contributed by atoms with Crippen LogP contribution in [0, 0.1) is 6.92 Å². The van der Waals surface area contributed by atoms with Crippen molar-refractivity contribution in [1.29, 1.82) is 0 Å². The molecule has 172 valence electrons. The molecule has 12 heteroatoms. The summed E-state index contributed by atoms with van der Waals surface area (Å²) < 4.78 is 39.5. The Balaban J connectivity index is 1.78. The highest BCUT2D eigenvalue weighted by Crippen LogP contribution is 2.31. The second kappa shape index (κ2) is 9.47. The Morgan fingerprint density at radius 1 is 1.28 bits per heavy atom. The third-order valence-corrected chi connectivity index (χ3v) is 5.09. The molecule has 2 aromatic rings. The molecule has 1 atom stereocenters. The third kappa shape index (κ3) is 5.90. The van der Waals surface area contributed by atoms with Crippen LogP contribution in [0.2, 0.25) is 0 Å². The maximum Gasteiger partial charge on any atom is 0.416 e. The number of aromatic nitrogens is 4. The summed E-state index contributed by atoms with van der Waals surface area (Å²) in [5.74, 6) is -1.11. The van der Waals surface area contributed by atoms with E-state index in [1.165, 1.54) is 23.0 Å². The first-order chi connectivity index (χ1) is 15.0. The molecule has 0 bridgehead atoms. The number of nitrogens with zero attached hydrogens (tertiary/aromatic N) is 6. The van der Waals surface area contributed by atoms with Gasteiger partial charge in [-0.25, -0.2) is 0 Å². The van der Waals surface area contributed by atoms with Crippen LogP contribution >= 0.6 is 0 Å². The molecule has 0 saturated carbocycles. The zero-order valence-corrected chi connectivity index (χ0v) is 17.5. The fourth-order valence-electron chi connectivity index (χ4n) is 3.57. The van der Waals surface area contributed by atoms with Crippen LogP contribution in [0.25, 0.3) is 6.08 Å². The van der Waals surface area contributed by atoms with Crippen LogP contribution in [0.1, 0.15) is 29.4 Å². The number of benzene rings is 1. The molecular weight excluding hydrogens is 429 g/mol. The van der Waals surface area contributed by atoms with Crippen LogP contribution in [-0.2, 0) is 22.3 Å². The molecule has 9 nitrogen and oxygen atoms in total. The summed E-state index contributed by atoms with van der Waals surface area (Å²) in [6.07, 6.45) is -1.75. The fraction of sp³-hybridized carbons (Fsp3) is 0.450. The number of piperazine rings is 1. The number of carboxylic acid groups (broad SMARTS) is 1. The summed E-state index contributed by atoms with van der Waals surface area (Å²) in [6, 6.07) is 3.03. The number of hydrogen-bond acceptors (Lipinski definition) is 7. The molecule has 1 fully saturated rings. The number of halogens is 3. The Kier molecular flexibility index (Phi) is 6.92. The van der Waals surface area contributed by atoms with Crippen molar-refractivity contribution in [2.45, 2.75) is 32.6 Å². The van der Waals surface area contributed by atoms with Crippen LogP contribution in [0.3, 0.4) is 0 Å². The van der Waals surface area contributed by atoms with Crippen molar-refractivity contribution in [1.82, 2.24) is 30.0 Å². The van der Waals surface area contributed by atoms with Crippen LogP contribution in [0.5, 0.6) is 0 Å². The molecule has 1 saturated heterocycles. The van der Waals surface area contributed by atoms with Crippen molar-refractivity contribution in [3.05, 3.63) is 46.8 Å². The standard InChI is InChI=1S/C20H23F3N6O3/c1-13-10-27(12-19(31)32)7-8-28(13)18(30)6-4-15-3-5-17(20(21,22)23)9-16(15)11-29-25-14(2)24-26-29/h3-6,9,13H,7-8,10-12H2,1-2H3,(H,31,32)/p-1. The SMILES string of the molecule is Cc1nnn(Cc2cc(C(F)(F)F)ccc2C=CC(=O)N2CCN(CC(=O)[O-])CC2C)n1. The molecule has 1 aliphatic heterocycles. The average Bonchev–Trinajstić information content (AvgIpc) is 3.10. The Hall–Kier alpha value is -3.28. The molecule has 0 radical (unpaired) electrons. The van der Waals surface area contributed by atoms with Crippen LogP contribution in [0.15, 0.2) is 24.3 Å². The monoisotopic (exact) mass is 451 g/mol. The molecule has 1 aliphatic rings. The predicted octanol–water partition coefficient (Wildman–Crippen LogP) is 0.344. The van der Waals surface area contributed by atoms with Gasteiger partial charge in [0.15, 0.2) is 5.82 Å². The second-order valence-corrected chi connectivity index (χ2v) is 7.60. The van der Waals surface area contributed by atoms with Crippen molar-refractivity contribution in [2.75, 3.05) is 26.2 Å². The largest absolute Gasteiger partial charge is 0.549 e. The molecule has 0 spiro atoms. The van der Waals surface area contributed by atoms with Crippen molar-refractivity contribution in [3.8, 4) is 0 Å². The molecule has 0 aliphatic carbocycles. The van der Waals surface area contributed by atoms with Gasteiger partial charge in [0.05, 0.1) is 18.1 Å². The molecule has 0 N–H and O–H groups in total. The predicted molar refractivity (Wildman–Crippen MR) is 105 cm³/mol. The van der Waals surface area contributed by atoms with Crippen molar-refractivity contribution >= 4 is 18.0 Å². The minimum absolute atomic E-state index is 0.0447. The Labute approximate surface area is 182 Å². The van der Waals surface area contributed by atoms with E-state index in [2.05, 4.69) is 15.4 Å². The molecule has 2 heterocycles. The van der Waals surface area contributed by atoms with Gasteiger partial charge in [0, 0.05) is 38.3 Å². The highest BCUT2D eigenvalue weighted by Gasteiger charge is 2.31. The Morgan fingerprint density at radius 2 is 2.03 bits per heavy atom. The normalized spacial score (nSPS) is 17.8. The van der Waals surface area contributed by atoms with Crippen molar-refractivity contribution < 1.29 is 27.9 Å². The number of aliphatic carboxylic acids is 1. The number of alkyl halides is 3. The minimum Gasteiger partial charge on any atom is -0.549 e. The van der Waals surface area contributed by atoms with Crippen LogP contribution < -0.4 is 5.11 Å². The zero-order chi connectivity index (χ0) is 23.5. The minimum atomic E-state index is -4.51. The van der Waals surface area contributed by atoms with E-state index in [0.717, 1.165) is 12.1 Å². The highest BCUT2D eigenvalue weighted by molar-refractivity contribution is 5.92. The summed E-state index contributed by atoms with van der Waals surface area (Å²) in [6.45, 7) is 4.28. The van der Waals surface area contributed by atoms with Gasteiger partial charge >= 0.3 is 6.18 Å². The molecular formula is C20H22F3N6O3-. The number of carbonyl (C=O) groups is 2. The summed E-state index contributed by atoms with van der Waals surface area (Å²) in [5.41, 5.74) is -0.108. The molecule has 32 heavy (non-hydrogen) atoms. The lowest BCUT2D eigenvalue weighted by molar-refractivity contribution is -0.306. The second-order valence-electron chi connectivity index (χ2n) is 7.60. The molecule has 3 rings (SSSR count). The van der Waals surface area contributed by atoms with Gasteiger partial charge in [-0.1, -0.05) is 6.07 Å². The topological polar surface area (TPSA) is 107 Å². The van der Waals surface area contributed by atoms with E-state index in [0.29, 0.717) is 31.0 Å². The van der Waals surface area contributed by atoms with Crippen LogP contribution in [0.4, 0.5) is 13.2 Å². The molecule has 1 amide bonds. The maximum atomic E-state index is 13.2. The van der Waals surface area contributed by atoms with E-state index in [9.17, 15) is 27.9 Å². The van der Waals surface area contributed by atoms with E-state index < -0.39 is 17.7 Å². The van der Waals surface area contributed by atoms with Gasteiger partial charge in [-0.05, 0) is 48.4 Å². The van der Waals surface area contributed by atoms with Gasteiger partial charge in [-0.15, -0.1) is 10.2 Å². The Bertz CT molecular complexity index is 1020. The zero-order valence-electron chi connectivity index (χ0n) is 17.5. The van der Waals surface area contributed by atoms with Crippen LogP contribution in [-0.4, -0.2) is 74.1 Å². The lowest BCUT2D eigenvalue weighted by atomic mass is 10.0. The summed E-state index contributed by atoms with van der Waals surface area (Å²) in [7, 11) is 0. The number of carbonyl (C=O) groups excluding carboxylic acids is 2. The molecule has 1 aromatic heterocycles. The average molecular weight is 451 g/mol. The molecule has 1 aromatic carbocycles. The number of carboxylic acids is 1. The number of tetrazole rings is 1.